The lowest BCUT2D eigenvalue weighted by Crippen LogP contribution is -2.37. The Labute approximate surface area is 116 Å². The van der Waals surface area contributed by atoms with Gasteiger partial charge in [0.15, 0.2) is 0 Å². The standard InChI is InChI=1S/C15H26N4/c1-4-9-19(11-14-5-7-16-8-6-14)15-13(3)17-10-12(2)18-15/h10,14,16H,4-9,11H2,1-3H3. The maximum atomic E-state index is 4.70. The Hall–Kier alpha value is -1.16. The van der Waals surface area contributed by atoms with E-state index < -0.39 is 0 Å². The van der Waals surface area contributed by atoms with Crippen molar-refractivity contribution < 1.29 is 0 Å². The molecule has 0 aliphatic carbocycles. The third-order valence-corrected chi connectivity index (χ3v) is 3.78. The molecule has 4 heteroatoms. The Kier molecular flexibility index (Phi) is 5.14. The molecule has 106 valence electrons. The van der Waals surface area contributed by atoms with Crippen molar-refractivity contribution in [2.75, 3.05) is 31.1 Å². The van der Waals surface area contributed by atoms with Crippen LogP contribution in [0.3, 0.4) is 0 Å². The summed E-state index contributed by atoms with van der Waals surface area (Å²) >= 11 is 0. The molecule has 1 aliphatic rings. The van der Waals surface area contributed by atoms with Gasteiger partial charge in [-0.3, -0.25) is 4.98 Å². The number of rotatable bonds is 5. The van der Waals surface area contributed by atoms with Crippen molar-refractivity contribution in [3.05, 3.63) is 17.6 Å². The van der Waals surface area contributed by atoms with Gasteiger partial charge in [0, 0.05) is 19.3 Å². The molecule has 0 atom stereocenters. The Morgan fingerprint density at radius 3 is 2.74 bits per heavy atom. The zero-order chi connectivity index (χ0) is 13.7. The zero-order valence-corrected chi connectivity index (χ0v) is 12.4. The van der Waals surface area contributed by atoms with Crippen LogP contribution < -0.4 is 10.2 Å². The van der Waals surface area contributed by atoms with Crippen LogP contribution in [0.25, 0.3) is 0 Å². The van der Waals surface area contributed by atoms with Gasteiger partial charge in [-0.25, -0.2) is 4.98 Å². The maximum absolute atomic E-state index is 4.70. The molecule has 1 aromatic heterocycles. The van der Waals surface area contributed by atoms with Gasteiger partial charge in [0.1, 0.15) is 5.82 Å². The van der Waals surface area contributed by atoms with Gasteiger partial charge in [-0.15, -0.1) is 0 Å². The molecule has 0 bridgehead atoms. The lowest BCUT2D eigenvalue weighted by molar-refractivity contribution is 0.372. The van der Waals surface area contributed by atoms with E-state index in [-0.39, 0.29) is 0 Å². The largest absolute Gasteiger partial charge is 0.355 e. The monoisotopic (exact) mass is 262 g/mol. The summed E-state index contributed by atoms with van der Waals surface area (Å²) in [5.41, 5.74) is 2.06. The molecule has 2 rings (SSSR count). The highest BCUT2D eigenvalue weighted by atomic mass is 15.2. The molecule has 0 aromatic carbocycles. The number of hydrogen-bond acceptors (Lipinski definition) is 4. The summed E-state index contributed by atoms with van der Waals surface area (Å²) in [5.74, 6) is 1.87. The first-order valence-corrected chi connectivity index (χ1v) is 7.46. The highest BCUT2D eigenvalue weighted by Crippen LogP contribution is 2.20. The Morgan fingerprint density at radius 1 is 1.32 bits per heavy atom. The molecule has 1 fully saturated rings. The minimum atomic E-state index is 0.787. The number of nitrogens with one attached hydrogen (secondary N) is 1. The molecule has 2 heterocycles. The summed E-state index contributed by atoms with van der Waals surface area (Å²) in [6.07, 6.45) is 5.56. The molecule has 0 amide bonds. The number of nitrogens with zero attached hydrogens (tertiary/aromatic N) is 3. The van der Waals surface area contributed by atoms with Crippen LogP contribution in [-0.4, -0.2) is 36.1 Å². The van der Waals surface area contributed by atoms with Crippen LogP contribution in [0.2, 0.25) is 0 Å². The van der Waals surface area contributed by atoms with Crippen molar-refractivity contribution >= 4 is 5.82 Å². The van der Waals surface area contributed by atoms with Gasteiger partial charge in [0.25, 0.3) is 0 Å². The molecule has 19 heavy (non-hydrogen) atoms. The van der Waals surface area contributed by atoms with E-state index in [4.69, 9.17) is 4.98 Å². The van der Waals surface area contributed by atoms with Crippen molar-refractivity contribution in [3.63, 3.8) is 0 Å². The predicted molar refractivity (Wildman–Crippen MR) is 79.6 cm³/mol. The molecule has 1 aliphatic heterocycles. The summed E-state index contributed by atoms with van der Waals surface area (Å²) in [4.78, 5) is 11.6. The van der Waals surface area contributed by atoms with Crippen molar-refractivity contribution in [1.29, 1.82) is 0 Å². The SMILES string of the molecule is CCCN(CC1CCNCC1)c1nc(C)cnc1C. The van der Waals surface area contributed by atoms with E-state index in [1.54, 1.807) is 0 Å². The highest BCUT2D eigenvalue weighted by Gasteiger charge is 2.19. The third kappa shape index (κ3) is 3.90. The van der Waals surface area contributed by atoms with Crippen LogP contribution in [0.4, 0.5) is 5.82 Å². The smallest absolute Gasteiger partial charge is 0.150 e. The first-order chi connectivity index (χ1) is 9.20. The van der Waals surface area contributed by atoms with Gasteiger partial charge in [-0.2, -0.15) is 0 Å². The number of hydrogen-bond donors (Lipinski definition) is 1. The average molecular weight is 262 g/mol. The lowest BCUT2D eigenvalue weighted by Gasteiger charge is -2.31. The van der Waals surface area contributed by atoms with Crippen LogP contribution in [0, 0.1) is 19.8 Å². The van der Waals surface area contributed by atoms with Gasteiger partial charge in [0.2, 0.25) is 0 Å². The van der Waals surface area contributed by atoms with Gasteiger partial charge in [-0.05, 0) is 52.1 Å². The van der Waals surface area contributed by atoms with Crippen molar-refractivity contribution in [2.24, 2.45) is 5.92 Å². The Bertz CT molecular complexity index is 399. The molecule has 0 unspecified atom stereocenters. The van der Waals surface area contributed by atoms with E-state index in [0.29, 0.717) is 0 Å². The summed E-state index contributed by atoms with van der Waals surface area (Å²) in [6.45, 7) is 10.8. The first kappa shape index (κ1) is 14.3. The quantitative estimate of drug-likeness (QED) is 0.884. The number of aryl methyl sites for hydroxylation is 2. The molecule has 1 aromatic rings. The van der Waals surface area contributed by atoms with Crippen molar-refractivity contribution in [3.8, 4) is 0 Å². The van der Waals surface area contributed by atoms with Crippen molar-refractivity contribution in [1.82, 2.24) is 15.3 Å². The Morgan fingerprint density at radius 2 is 2.05 bits per heavy atom. The number of piperidine rings is 1. The van der Waals surface area contributed by atoms with E-state index in [9.17, 15) is 0 Å². The van der Waals surface area contributed by atoms with Gasteiger partial charge >= 0.3 is 0 Å². The van der Waals surface area contributed by atoms with E-state index in [1.807, 2.05) is 13.1 Å². The van der Waals surface area contributed by atoms with E-state index in [2.05, 4.69) is 29.0 Å². The minimum Gasteiger partial charge on any atom is -0.355 e. The molecule has 1 saturated heterocycles. The van der Waals surface area contributed by atoms with Gasteiger partial charge in [-0.1, -0.05) is 6.92 Å². The number of aromatic nitrogens is 2. The summed E-state index contributed by atoms with van der Waals surface area (Å²) in [7, 11) is 0. The predicted octanol–water partition coefficient (Wildman–Crippen LogP) is 2.31. The van der Waals surface area contributed by atoms with Crippen LogP contribution in [0.1, 0.15) is 37.6 Å². The molecule has 0 spiro atoms. The zero-order valence-electron chi connectivity index (χ0n) is 12.4. The fourth-order valence-electron chi connectivity index (χ4n) is 2.75. The second-order valence-corrected chi connectivity index (χ2v) is 5.56. The van der Waals surface area contributed by atoms with Gasteiger partial charge in [0.05, 0.1) is 11.4 Å². The summed E-state index contributed by atoms with van der Waals surface area (Å²) in [5, 5.41) is 3.43. The minimum absolute atomic E-state index is 0.787. The fraction of sp³-hybridized carbons (Fsp3) is 0.733. The summed E-state index contributed by atoms with van der Waals surface area (Å²) < 4.78 is 0. The van der Waals surface area contributed by atoms with Crippen LogP contribution in [0.5, 0.6) is 0 Å². The maximum Gasteiger partial charge on any atom is 0.150 e. The summed E-state index contributed by atoms with van der Waals surface area (Å²) in [6, 6.07) is 0. The van der Waals surface area contributed by atoms with Crippen LogP contribution in [-0.2, 0) is 0 Å². The van der Waals surface area contributed by atoms with Crippen molar-refractivity contribution in [2.45, 2.75) is 40.0 Å². The molecule has 0 saturated carbocycles. The van der Waals surface area contributed by atoms with E-state index in [0.717, 1.165) is 55.7 Å². The lowest BCUT2D eigenvalue weighted by atomic mass is 9.97. The molecular weight excluding hydrogens is 236 g/mol. The Balaban J connectivity index is 2.11. The molecule has 1 N–H and O–H groups in total. The highest BCUT2D eigenvalue weighted by molar-refractivity contribution is 5.43. The van der Waals surface area contributed by atoms with E-state index in [1.165, 1.54) is 12.8 Å². The normalized spacial score (nSPS) is 16.6. The van der Waals surface area contributed by atoms with Crippen LogP contribution >= 0.6 is 0 Å². The molecular formula is C15H26N4. The average Bonchev–Trinajstić information content (AvgIpc) is 2.42. The van der Waals surface area contributed by atoms with Crippen LogP contribution in [0.15, 0.2) is 6.20 Å². The second kappa shape index (κ2) is 6.85. The first-order valence-electron chi connectivity index (χ1n) is 7.46. The molecule has 0 radical (unpaired) electrons. The second-order valence-electron chi connectivity index (χ2n) is 5.56. The number of anilines is 1. The molecule has 4 nitrogen and oxygen atoms in total. The van der Waals surface area contributed by atoms with E-state index >= 15 is 0 Å². The fourth-order valence-corrected chi connectivity index (χ4v) is 2.75. The third-order valence-electron chi connectivity index (χ3n) is 3.78. The van der Waals surface area contributed by atoms with Gasteiger partial charge < -0.3 is 10.2 Å². The topological polar surface area (TPSA) is 41.0 Å².